The van der Waals surface area contributed by atoms with Crippen LogP contribution in [0.5, 0.6) is 0 Å². The van der Waals surface area contributed by atoms with Gasteiger partial charge in [0.15, 0.2) is 5.13 Å². The van der Waals surface area contributed by atoms with Gasteiger partial charge in [0.25, 0.3) is 0 Å². The number of nitrogens with zero attached hydrogens (tertiary/aromatic N) is 2. The lowest BCUT2D eigenvalue weighted by atomic mass is 10.0. The molecule has 1 aliphatic heterocycles. The van der Waals surface area contributed by atoms with Gasteiger partial charge >= 0.3 is 0 Å². The van der Waals surface area contributed by atoms with Crippen LogP contribution in [-0.4, -0.2) is 42.5 Å². The van der Waals surface area contributed by atoms with Gasteiger partial charge in [-0.05, 0) is 18.9 Å². The van der Waals surface area contributed by atoms with Crippen LogP contribution in [0, 0.1) is 0 Å². The summed E-state index contributed by atoms with van der Waals surface area (Å²) < 4.78 is 25.1. The van der Waals surface area contributed by atoms with Crippen molar-refractivity contribution in [1.82, 2.24) is 9.29 Å². The zero-order valence-electron chi connectivity index (χ0n) is 13.6. The Hall–Kier alpha value is -1.48. The van der Waals surface area contributed by atoms with Crippen molar-refractivity contribution in [3.8, 4) is 11.3 Å². The van der Waals surface area contributed by atoms with Gasteiger partial charge in [-0.25, -0.2) is 13.4 Å². The molecule has 3 rings (SSSR count). The van der Waals surface area contributed by atoms with Crippen LogP contribution in [0.4, 0.5) is 5.13 Å². The molecule has 1 fully saturated rings. The zero-order valence-corrected chi connectivity index (χ0v) is 16.0. The number of halogens is 1. The molecule has 0 spiro atoms. The minimum Gasteiger partial charge on any atom is -0.301 e. The zero-order chi connectivity index (χ0) is 18.0. The Morgan fingerprint density at radius 1 is 1.36 bits per heavy atom. The molecule has 134 valence electrons. The number of benzene rings is 1. The molecule has 1 saturated heterocycles. The van der Waals surface area contributed by atoms with E-state index in [0.29, 0.717) is 28.8 Å². The lowest BCUT2D eigenvalue weighted by Gasteiger charge is -2.32. The van der Waals surface area contributed by atoms with Crippen molar-refractivity contribution in [3.05, 3.63) is 34.7 Å². The first-order valence-electron chi connectivity index (χ1n) is 7.84. The maximum absolute atomic E-state index is 12.6. The highest BCUT2D eigenvalue weighted by atomic mass is 35.5. The fourth-order valence-corrected chi connectivity index (χ4v) is 4.95. The third-order valence-corrected chi connectivity index (χ3v) is 6.44. The molecule has 1 N–H and O–H groups in total. The molecule has 1 aliphatic rings. The van der Waals surface area contributed by atoms with Gasteiger partial charge in [-0.3, -0.25) is 4.79 Å². The molecule has 1 amide bonds. The fraction of sp³-hybridized carbons (Fsp3) is 0.375. The van der Waals surface area contributed by atoms with Gasteiger partial charge in [0.2, 0.25) is 15.9 Å². The molecule has 2 heterocycles. The van der Waals surface area contributed by atoms with E-state index in [1.807, 2.05) is 23.6 Å². The van der Waals surface area contributed by atoms with Crippen molar-refractivity contribution in [2.24, 2.45) is 0 Å². The monoisotopic (exact) mass is 399 g/mol. The first-order chi connectivity index (χ1) is 11.9. The predicted molar refractivity (Wildman–Crippen MR) is 100 cm³/mol. The molecule has 6 nitrogen and oxygen atoms in total. The van der Waals surface area contributed by atoms with E-state index < -0.39 is 16.1 Å². The Labute approximate surface area is 155 Å². The Morgan fingerprint density at radius 3 is 2.84 bits per heavy atom. The van der Waals surface area contributed by atoms with E-state index in [4.69, 9.17) is 11.6 Å². The number of carbonyl (C=O) groups is 1. The molecule has 0 saturated carbocycles. The van der Waals surface area contributed by atoms with E-state index in [0.717, 1.165) is 24.7 Å². The van der Waals surface area contributed by atoms with Crippen molar-refractivity contribution < 1.29 is 13.2 Å². The first kappa shape index (κ1) is 18.3. The molecular weight excluding hydrogens is 382 g/mol. The largest absolute Gasteiger partial charge is 0.301 e. The molecule has 1 aromatic carbocycles. The lowest BCUT2D eigenvalue weighted by Crippen LogP contribution is -2.49. The third-order valence-electron chi connectivity index (χ3n) is 4.07. The number of amides is 1. The normalized spacial score (nSPS) is 18.9. The quantitative estimate of drug-likeness (QED) is 0.856. The SMILES string of the molecule is CS(=O)(=O)N1CCCC[C@H]1C(=O)Nc1nc(-c2ccccc2Cl)cs1. The van der Waals surface area contributed by atoms with Crippen molar-refractivity contribution in [1.29, 1.82) is 0 Å². The number of rotatable bonds is 4. The summed E-state index contributed by atoms with van der Waals surface area (Å²) in [5, 5.41) is 5.57. The van der Waals surface area contributed by atoms with Crippen LogP contribution in [0.2, 0.25) is 5.02 Å². The summed E-state index contributed by atoms with van der Waals surface area (Å²) >= 11 is 7.45. The van der Waals surface area contributed by atoms with Gasteiger partial charge in [-0.2, -0.15) is 4.31 Å². The second kappa shape index (κ2) is 7.41. The first-order valence-corrected chi connectivity index (χ1v) is 10.9. The molecule has 0 bridgehead atoms. The second-order valence-corrected chi connectivity index (χ2v) is 9.09. The molecule has 1 aromatic heterocycles. The Morgan fingerprint density at radius 2 is 2.12 bits per heavy atom. The molecule has 1 atom stereocenters. The van der Waals surface area contributed by atoms with E-state index in [1.165, 1.54) is 15.6 Å². The smallest absolute Gasteiger partial charge is 0.244 e. The molecule has 25 heavy (non-hydrogen) atoms. The van der Waals surface area contributed by atoms with Gasteiger partial charge in [0, 0.05) is 22.5 Å². The van der Waals surface area contributed by atoms with Crippen LogP contribution in [-0.2, 0) is 14.8 Å². The average molecular weight is 400 g/mol. The van der Waals surface area contributed by atoms with Crippen molar-refractivity contribution >= 4 is 44.0 Å². The minimum absolute atomic E-state index is 0.342. The van der Waals surface area contributed by atoms with E-state index in [9.17, 15) is 13.2 Å². The maximum Gasteiger partial charge on any atom is 0.244 e. The van der Waals surface area contributed by atoms with Crippen molar-refractivity contribution in [3.63, 3.8) is 0 Å². The van der Waals surface area contributed by atoms with Crippen molar-refractivity contribution in [2.45, 2.75) is 25.3 Å². The summed E-state index contributed by atoms with van der Waals surface area (Å²) in [6.45, 7) is 0.375. The van der Waals surface area contributed by atoms with Crippen LogP contribution < -0.4 is 5.32 Å². The van der Waals surface area contributed by atoms with Gasteiger partial charge in [0.1, 0.15) is 6.04 Å². The topological polar surface area (TPSA) is 79.4 Å². The van der Waals surface area contributed by atoms with Crippen LogP contribution >= 0.6 is 22.9 Å². The predicted octanol–water partition coefficient (Wildman–Crippen LogP) is 3.22. The van der Waals surface area contributed by atoms with E-state index >= 15 is 0 Å². The number of hydrogen-bond donors (Lipinski definition) is 1. The van der Waals surface area contributed by atoms with Gasteiger partial charge in [-0.1, -0.05) is 36.2 Å². The number of anilines is 1. The molecule has 0 unspecified atom stereocenters. The number of piperidine rings is 1. The number of hydrogen-bond acceptors (Lipinski definition) is 5. The minimum atomic E-state index is -3.42. The molecule has 2 aromatic rings. The Bertz CT molecular complexity index is 882. The number of carbonyl (C=O) groups excluding carboxylic acids is 1. The highest BCUT2D eigenvalue weighted by molar-refractivity contribution is 7.88. The van der Waals surface area contributed by atoms with E-state index in [1.54, 1.807) is 6.07 Å². The summed E-state index contributed by atoms with van der Waals surface area (Å²) in [6.07, 6.45) is 3.25. The summed E-state index contributed by atoms with van der Waals surface area (Å²) in [5.74, 6) is -0.342. The van der Waals surface area contributed by atoms with Crippen LogP contribution in [0.15, 0.2) is 29.6 Å². The van der Waals surface area contributed by atoms with Gasteiger partial charge in [0.05, 0.1) is 11.9 Å². The fourth-order valence-electron chi connectivity index (χ4n) is 2.88. The standard InChI is InChI=1S/C16H18ClN3O3S2/c1-25(22,23)20-9-5-4-8-14(20)15(21)19-16-18-13(10-24-16)11-6-2-3-7-12(11)17/h2-3,6-7,10,14H,4-5,8-9H2,1H3,(H,18,19,21)/t14-/m0/s1. The molecule has 0 radical (unpaired) electrons. The number of thiazole rings is 1. The second-order valence-electron chi connectivity index (χ2n) is 5.89. The van der Waals surface area contributed by atoms with E-state index in [-0.39, 0.29) is 5.91 Å². The third kappa shape index (κ3) is 4.20. The summed E-state index contributed by atoms with van der Waals surface area (Å²) in [5.41, 5.74) is 1.46. The maximum atomic E-state index is 12.6. The number of nitrogens with one attached hydrogen (secondary N) is 1. The summed E-state index contributed by atoms with van der Waals surface area (Å²) in [7, 11) is -3.42. The number of aromatic nitrogens is 1. The molecule has 0 aliphatic carbocycles. The molecule has 9 heteroatoms. The summed E-state index contributed by atoms with van der Waals surface area (Å²) in [6, 6.07) is 6.65. The van der Waals surface area contributed by atoms with Crippen LogP contribution in [0.25, 0.3) is 11.3 Å². The van der Waals surface area contributed by atoms with Crippen LogP contribution in [0.1, 0.15) is 19.3 Å². The van der Waals surface area contributed by atoms with Crippen molar-refractivity contribution in [2.75, 3.05) is 18.1 Å². The average Bonchev–Trinajstić information content (AvgIpc) is 3.02. The Balaban J connectivity index is 1.76. The van der Waals surface area contributed by atoms with Gasteiger partial charge in [-0.15, -0.1) is 11.3 Å². The lowest BCUT2D eigenvalue weighted by molar-refractivity contribution is -0.120. The highest BCUT2D eigenvalue weighted by Gasteiger charge is 2.34. The Kier molecular flexibility index (Phi) is 5.43. The van der Waals surface area contributed by atoms with Gasteiger partial charge < -0.3 is 5.32 Å². The van der Waals surface area contributed by atoms with Crippen LogP contribution in [0.3, 0.4) is 0 Å². The highest BCUT2D eigenvalue weighted by Crippen LogP contribution is 2.30. The summed E-state index contributed by atoms with van der Waals surface area (Å²) in [4.78, 5) is 17.0. The van der Waals surface area contributed by atoms with E-state index in [2.05, 4.69) is 10.3 Å². The number of sulfonamides is 1. The molecular formula is C16H18ClN3O3S2.